The molecule has 0 aliphatic carbocycles. The summed E-state index contributed by atoms with van der Waals surface area (Å²) < 4.78 is 5.35. The fraction of sp³-hybridized carbons (Fsp3) is 0.143. The first-order valence-corrected chi connectivity index (χ1v) is 13.0. The highest BCUT2D eigenvalue weighted by Crippen LogP contribution is 2.40. The minimum atomic E-state index is -0.544. The van der Waals surface area contributed by atoms with Gasteiger partial charge in [-0.1, -0.05) is 66.2 Å². The van der Waals surface area contributed by atoms with E-state index in [-0.39, 0.29) is 12.5 Å². The summed E-state index contributed by atoms with van der Waals surface area (Å²) in [6.45, 7) is 4.02. The Labute approximate surface area is 213 Å². The van der Waals surface area contributed by atoms with E-state index >= 15 is 0 Å². The third-order valence-corrected chi connectivity index (χ3v) is 7.47. The van der Waals surface area contributed by atoms with Crippen LogP contribution in [0.15, 0.2) is 89.1 Å². The molecule has 0 radical (unpaired) electrons. The van der Waals surface area contributed by atoms with E-state index < -0.39 is 11.2 Å². The first-order valence-electron chi connectivity index (χ1n) is 11.2. The molecular formula is C28H26N2O3S2. The zero-order chi connectivity index (χ0) is 24.8. The van der Waals surface area contributed by atoms with E-state index in [4.69, 9.17) is 10.5 Å². The van der Waals surface area contributed by atoms with Crippen molar-refractivity contribution in [3.8, 4) is 11.1 Å². The molecule has 5 nitrogen and oxygen atoms in total. The van der Waals surface area contributed by atoms with Gasteiger partial charge in [0.05, 0.1) is 6.61 Å². The number of ether oxygens (including phenoxy) is 1. The molecule has 7 heteroatoms. The number of thioether (sulfide) groups is 1. The predicted molar refractivity (Wildman–Crippen MR) is 145 cm³/mol. The van der Waals surface area contributed by atoms with Crippen LogP contribution < -0.4 is 11.1 Å². The number of rotatable bonds is 8. The van der Waals surface area contributed by atoms with Gasteiger partial charge in [0.2, 0.25) is 5.91 Å². The molecule has 0 saturated carbocycles. The number of nitrogens with two attached hydrogens (primary N) is 1. The third kappa shape index (κ3) is 5.93. The van der Waals surface area contributed by atoms with Crippen LogP contribution in [0.3, 0.4) is 0 Å². The number of thiophene rings is 1. The topological polar surface area (TPSA) is 81.4 Å². The van der Waals surface area contributed by atoms with Crippen LogP contribution in [0.2, 0.25) is 0 Å². The SMILES string of the molecule is CCOC(=O)c1c(-c2ccc(C)cc2)csc1NC(=O)C(Sc1cccc(N)c1)c1ccccc1. The molecule has 4 aromatic rings. The number of hydrogen-bond acceptors (Lipinski definition) is 6. The molecule has 1 atom stereocenters. The lowest BCUT2D eigenvalue weighted by atomic mass is 10.0. The molecule has 0 aliphatic rings. The van der Waals surface area contributed by atoms with Crippen molar-refractivity contribution in [1.29, 1.82) is 0 Å². The summed E-state index contributed by atoms with van der Waals surface area (Å²) in [6.07, 6.45) is 0. The summed E-state index contributed by atoms with van der Waals surface area (Å²) in [6, 6.07) is 24.9. The lowest BCUT2D eigenvalue weighted by Gasteiger charge is -2.17. The quantitative estimate of drug-likeness (QED) is 0.155. The number of amides is 1. The monoisotopic (exact) mass is 502 g/mol. The van der Waals surface area contributed by atoms with Crippen LogP contribution in [-0.4, -0.2) is 18.5 Å². The van der Waals surface area contributed by atoms with Gasteiger partial charge >= 0.3 is 5.97 Å². The van der Waals surface area contributed by atoms with E-state index in [0.29, 0.717) is 16.3 Å². The van der Waals surface area contributed by atoms with Crippen molar-refractivity contribution in [2.45, 2.75) is 24.0 Å². The maximum absolute atomic E-state index is 13.6. The van der Waals surface area contributed by atoms with Gasteiger partial charge in [-0.25, -0.2) is 4.79 Å². The average molecular weight is 503 g/mol. The van der Waals surface area contributed by atoms with Crippen LogP contribution >= 0.6 is 23.1 Å². The van der Waals surface area contributed by atoms with E-state index in [1.54, 1.807) is 6.92 Å². The minimum absolute atomic E-state index is 0.230. The van der Waals surface area contributed by atoms with Gasteiger partial charge in [-0.3, -0.25) is 4.79 Å². The van der Waals surface area contributed by atoms with E-state index in [9.17, 15) is 9.59 Å². The van der Waals surface area contributed by atoms with Gasteiger partial charge in [-0.15, -0.1) is 23.1 Å². The summed E-state index contributed by atoms with van der Waals surface area (Å²) in [4.78, 5) is 27.4. The lowest BCUT2D eigenvalue weighted by Crippen LogP contribution is -2.20. The Balaban J connectivity index is 1.69. The van der Waals surface area contributed by atoms with Gasteiger partial charge in [-0.05, 0) is 43.2 Å². The molecule has 1 unspecified atom stereocenters. The number of nitrogen functional groups attached to an aromatic ring is 1. The number of hydrogen-bond donors (Lipinski definition) is 2. The first-order chi connectivity index (χ1) is 17.0. The fourth-order valence-electron chi connectivity index (χ4n) is 3.60. The second-order valence-electron chi connectivity index (χ2n) is 7.91. The number of esters is 1. The Morgan fingerprint density at radius 3 is 2.46 bits per heavy atom. The fourth-order valence-corrected chi connectivity index (χ4v) is 5.66. The molecule has 3 N–H and O–H groups in total. The second kappa shape index (κ2) is 11.3. The first kappa shape index (κ1) is 24.6. The molecule has 0 saturated heterocycles. The van der Waals surface area contributed by atoms with Crippen molar-refractivity contribution < 1.29 is 14.3 Å². The zero-order valence-corrected chi connectivity index (χ0v) is 21.1. The zero-order valence-electron chi connectivity index (χ0n) is 19.5. The van der Waals surface area contributed by atoms with Gasteiger partial charge in [0.1, 0.15) is 15.8 Å². The van der Waals surface area contributed by atoms with E-state index in [2.05, 4.69) is 5.32 Å². The van der Waals surface area contributed by atoms with Crippen LogP contribution in [0.5, 0.6) is 0 Å². The van der Waals surface area contributed by atoms with Crippen molar-refractivity contribution >= 4 is 45.7 Å². The van der Waals surface area contributed by atoms with Gasteiger partial charge in [-0.2, -0.15) is 0 Å². The van der Waals surface area contributed by atoms with Crippen molar-refractivity contribution in [2.75, 3.05) is 17.7 Å². The maximum atomic E-state index is 13.6. The summed E-state index contributed by atoms with van der Waals surface area (Å²) in [5, 5.41) is 4.82. The normalized spacial score (nSPS) is 11.6. The molecule has 1 aromatic heterocycles. The average Bonchev–Trinajstić information content (AvgIpc) is 3.27. The smallest absolute Gasteiger partial charge is 0.341 e. The molecule has 1 amide bonds. The predicted octanol–water partition coefficient (Wildman–Crippen LogP) is 6.95. The van der Waals surface area contributed by atoms with Crippen LogP contribution in [-0.2, 0) is 9.53 Å². The Kier molecular flexibility index (Phi) is 7.90. The van der Waals surface area contributed by atoms with E-state index in [1.165, 1.54) is 23.1 Å². The summed E-state index contributed by atoms with van der Waals surface area (Å²) >= 11 is 2.73. The van der Waals surface area contributed by atoms with Gasteiger partial charge in [0.25, 0.3) is 0 Å². The highest BCUT2D eigenvalue weighted by atomic mass is 32.2. The highest BCUT2D eigenvalue weighted by Gasteiger charge is 2.27. The van der Waals surface area contributed by atoms with Crippen molar-refractivity contribution in [2.24, 2.45) is 0 Å². The summed E-state index contributed by atoms with van der Waals surface area (Å²) in [5.74, 6) is -0.689. The third-order valence-electron chi connectivity index (χ3n) is 5.32. The van der Waals surface area contributed by atoms with Crippen LogP contribution in [0, 0.1) is 6.92 Å². The molecule has 4 rings (SSSR count). The largest absolute Gasteiger partial charge is 0.462 e. The summed E-state index contributed by atoms with van der Waals surface area (Å²) in [7, 11) is 0. The molecule has 178 valence electrons. The minimum Gasteiger partial charge on any atom is -0.462 e. The van der Waals surface area contributed by atoms with Gasteiger partial charge in [0, 0.05) is 21.5 Å². The van der Waals surface area contributed by atoms with Gasteiger partial charge < -0.3 is 15.8 Å². The van der Waals surface area contributed by atoms with E-state index in [0.717, 1.165) is 27.1 Å². The van der Waals surface area contributed by atoms with Crippen molar-refractivity contribution in [3.05, 3.63) is 101 Å². The van der Waals surface area contributed by atoms with Crippen LogP contribution in [0.25, 0.3) is 11.1 Å². The molecular weight excluding hydrogens is 476 g/mol. The second-order valence-corrected chi connectivity index (χ2v) is 9.97. The molecule has 0 bridgehead atoms. The number of aryl methyl sites for hydroxylation is 1. The molecule has 35 heavy (non-hydrogen) atoms. The molecule has 0 aliphatic heterocycles. The highest BCUT2D eigenvalue weighted by molar-refractivity contribution is 8.00. The Morgan fingerprint density at radius 2 is 1.77 bits per heavy atom. The molecule has 0 fully saturated rings. The van der Waals surface area contributed by atoms with Crippen LogP contribution in [0.4, 0.5) is 10.7 Å². The molecule has 3 aromatic carbocycles. The standard InChI is InChI=1S/C28H26N2O3S2/c1-3-33-28(32)24-23(19-14-12-18(2)13-15-19)17-34-27(24)30-26(31)25(20-8-5-4-6-9-20)35-22-11-7-10-21(29)16-22/h4-17,25H,3,29H2,1-2H3,(H,30,31). The Bertz CT molecular complexity index is 1320. The van der Waals surface area contributed by atoms with Crippen molar-refractivity contribution in [1.82, 2.24) is 0 Å². The Hall–Kier alpha value is -3.55. The van der Waals surface area contributed by atoms with Gasteiger partial charge in [0.15, 0.2) is 0 Å². The number of carbonyl (C=O) groups is 2. The van der Waals surface area contributed by atoms with E-state index in [1.807, 2.05) is 91.2 Å². The Morgan fingerprint density at radius 1 is 1.03 bits per heavy atom. The van der Waals surface area contributed by atoms with Crippen LogP contribution in [0.1, 0.15) is 33.7 Å². The number of anilines is 2. The summed E-state index contributed by atoms with van der Waals surface area (Å²) in [5.41, 5.74) is 10.6. The van der Waals surface area contributed by atoms with Crippen molar-refractivity contribution in [3.63, 3.8) is 0 Å². The number of carbonyl (C=O) groups excluding carboxylic acids is 2. The maximum Gasteiger partial charge on any atom is 0.341 e. The number of nitrogens with one attached hydrogen (secondary N) is 1. The molecule has 0 spiro atoms. The number of benzene rings is 3. The molecule has 1 heterocycles. The lowest BCUT2D eigenvalue weighted by molar-refractivity contribution is -0.115.